The number of thioether (sulfide) groups is 1. The number of rotatable bonds is 7. The first-order valence-corrected chi connectivity index (χ1v) is 11.9. The number of hydrogen-bond acceptors (Lipinski definition) is 6. The molecule has 33 heavy (non-hydrogen) atoms. The average molecular weight is 479 g/mol. The first-order chi connectivity index (χ1) is 16.0. The van der Waals surface area contributed by atoms with Crippen molar-refractivity contribution in [1.82, 2.24) is 14.9 Å². The van der Waals surface area contributed by atoms with Gasteiger partial charge >= 0.3 is 0 Å². The van der Waals surface area contributed by atoms with E-state index in [9.17, 15) is 14.0 Å². The van der Waals surface area contributed by atoms with E-state index in [0.717, 1.165) is 27.8 Å². The van der Waals surface area contributed by atoms with Crippen molar-refractivity contribution in [2.45, 2.75) is 18.5 Å². The van der Waals surface area contributed by atoms with Gasteiger partial charge in [-0.05, 0) is 36.8 Å². The Labute approximate surface area is 197 Å². The number of nitriles is 1. The molecule has 2 aromatic carbocycles. The van der Waals surface area contributed by atoms with Crippen LogP contribution in [0.4, 0.5) is 4.39 Å². The predicted octanol–water partition coefficient (Wildman–Crippen LogP) is 4.68. The van der Waals surface area contributed by atoms with Gasteiger partial charge in [0.1, 0.15) is 10.6 Å². The third-order valence-corrected chi connectivity index (χ3v) is 6.85. The number of aryl methyl sites for hydroxylation is 1. The van der Waals surface area contributed by atoms with Crippen LogP contribution < -0.4 is 10.9 Å². The minimum atomic E-state index is -0.345. The molecule has 1 N–H and O–H groups in total. The number of thiophene rings is 1. The summed E-state index contributed by atoms with van der Waals surface area (Å²) in [7, 11) is 0. The maximum atomic E-state index is 13.8. The second-order valence-corrected chi connectivity index (χ2v) is 9.28. The van der Waals surface area contributed by atoms with E-state index in [4.69, 9.17) is 10.2 Å². The Balaban J connectivity index is 1.83. The van der Waals surface area contributed by atoms with E-state index in [1.807, 2.05) is 43.3 Å². The minimum absolute atomic E-state index is 0.0609. The maximum Gasteiger partial charge on any atom is 0.268 e. The number of hydrogen-bond donors (Lipinski definition) is 1. The zero-order valence-electron chi connectivity index (χ0n) is 17.7. The van der Waals surface area contributed by atoms with E-state index in [0.29, 0.717) is 21.1 Å². The number of fused-ring (bicyclic) bond motifs is 1. The first kappa shape index (κ1) is 22.7. The fourth-order valence-electron chi connectivity index (χ4n) is 3.45. The second kappa shape index (κ2) is 9.98. The summed E-state index contributed by atoms with van der Waals surface area (Å²) in [4.78, 5) is 32.2. The van der Waals surface area contributed by atoms with Crippen LogP contribution in [0.2, 0.25) is 0 Å². The minimum Gasteiger partial charge on any atom is -0.354 e. The van der Waals surface area contributed by atoms with E-state index >= 15 is 0 Å². The van der Waals surface area contributed by atoms with E-state index in [-0.39, 0.29) is 36.0 Å². The van der Waals surface area contributed by atoms with Crippen LogP contribution in [-0.4, -0.2) is 27.8 Å². The Hall–Kier alpha value is -3.48. The summed E-state index contributed by atoms with van der Waals surface area (Å²) in [5.74, 6) is -0.521. The second-order valence-electron chi connectivity index (χ2n) is 7.14. The smallest absolute Gasteiger partial charge is 0.268 e. The normalized spacial score (nSPS) is 10.8. The first-order valence-electron chi connectivity index (χ1n) is 10.1. The Morgan fingerprint density at radius 1 is 1.21 bits per heavy atom. The molecule has 0 atom stereocenters. The quantitative estimate of drug-likeness (QED) is 0.237. The molecule has 0 bridgehead atoms. The Kier molecular flexibility index (Phi) is 6.87. The lowest BCUT2D eigenvalue weighted by Crippen LogP contribution is -2.27. The van der Waals surface area contributed by atoms with Crippen molar-refractivity contribution in [2.24, 2.45) is 0 Å². The fraction of sp³-hybridized carbons (Fsp3) is 0.167. The number of para-hydroxylation sites is 1. The Morgan fingerprint density at radius 2 is 1.94 bits per heavy atom. The highest BCUT2D eigenvalue weighted by molar-refractivity contribution is 7.99. The van der Waals surface area contributed by atoms with Crippen LogP contribution >= 0.6 is 23.1 Å². The van der Waals surface area contributed by atoms with Gasteiger partial charge in [0.25, 0.3) is 5.56 Å². The summed E-state index contributed by atoms with van der Waals surface area (Å²) in [6.45, 7) is 2.19. The molecule has 6 nitrogen and oxygen atoms in total. The van der Waals surface area contributed by atoms with Crippen molar-refractivity contribution < 1.29 is 9.18 Å². The SMILES string of the molecule is Cc1sc2nc(SCC(=O)NCCC#N)n(-c3ccccc3)c(=O)c2c1-c1ccc(F)cc1. The van der Waals surface area contributed by atoms with Gasteiger partial charge in [0, 0.05) is 17.0 Å². The molecule has 2 heterocycles. The van der Waals surface area contributed by atoms with Crippen molar-refractivity contribution in [1.29, 1.82) is 5.26 Å². The molecule has 0 aliphatic carbocycles. The van der Waals surface area contributed by atoms with Crippen molar-refractivity contribution in [3.8, 4) is 22.9 Å². The summed E-state index contributed by atoms with van der Waals surface area (Å²) in [6.07, 6.45) is 0.232. The third-order valence-electron chi connectivity index (χ3n) is 4.91. The fourth-order valence-corrected chi connectivity index (χ4v) is 5.38. The average Bonchev–Trinajstić information content (AvgIpc) is 3.15. The lowest BCUT2D eigenvalue weighted by atomic mass is 10.0. The summed E-state index contributed by atoms with van der Waals surface area (Å²) in [6, 6.07) is 17.2. The van der Waals surface area contributed by atoms with Crippen LogP contribution in [0.5, 0.6) is 0 Å². The molecule has 0 unspecified atom stereocenters. The topological polar surface area (TPSA) is 87.8 Å². The molecular formula is C24H19FN4O2S2. The zero-order chi connectivity index (χ0) is 23.4. The van der Waals surface area contributed by atoms with Crippen LogP contribution in [0, 0.1) is 24.1 Å². The number of carbonyl (C=O) groups is 1. The molecule has 0 aliphatic heterocycles. The summed E-state index contributed by atoms with van der Waals surface area (Å²) >= 11 is 2.56. The summed E-state index contributed by atoms with van der Waals surface area (Å²) < 4.78 is 15.0. The zero-order valence-corrected chi connectivity index (χ0v) is 19.3. The predicted molar refractivity (Wildman–Crippen MR) is 129 cm³/mol. The van der Waals surface area contributed by atoms with Crippen molar-refractivity contribution >= 4 is 39.2 Å². The molecule has 0 aliphatic rings. The van der Waals surface area contributed by atoms with Crippen molar-refractivity contribution in [2.75, 3.05) is 12.3 Å². The van der Waals surface area contributed by atoms with Gasteiger partial charge in [-0.25, -0.2) is 9.37 Å². The highest BCUT2D eigenvalue weighted by Gasteiger charge is 2.21. The van der Waals surface area contributed by atoms with Crippen LogP contribution in [0.25, 0.3) is 27.0 Å². The third kappa shape index (κ3) is 4.82. The molecule has 0 saturated carbocycles. The standard InChI is InChI=1S/C24H19FN4O2S2/c1-15-20(16-8-10-17(25)11-9-16)21-22(33-15)28-24(32-14-19(30)27-13-5-12-26)29(23(21)31)18-6-3-2-4-7-18/h2-4,6-11H,5,13-14H2,1H3,(H,27,30). The van der Waals surface area contributed by atoms with E-state index < -0.39 is 0 Å². The number of nitrogens with one attached hydrogen (secondary N) is 1. The van der Waals surface area contributed by atoms with Crippen LogP contribution in [0.15, 0.2) is 64.5 Å². The largest absolute Gasteiger partial charge is 0.354 e. The molecule has 4 aromatic rings. The van der Waals surface area contributed by atoms with Crippen LogP contribution in [0.1, 0.15) is 11.3 Å². The van der Waals surface area contributed by atoms with Gasteiger partial charge in [-0.2, -0.15) is 5.26 Å². The van der Waals surface area contributed by atoms with Gasteiger partial charge < -0.3 is 5.32 Å². The van der Waals surface area contributed by atoms with E-state index in [2.05, 4.69) is 5.32 Å². The molecule has 0 spiro atoms. The van der Waals surface area contributed by atoms with Gasteiger partial charge in [0.05, 0.1) is 29.3 Å². The molecule has 2 aromatic heterocycles. The molecule has 0 saturated heterocycles. The van der Waals surface area contributed by atoms with Crippen molar-refractivity contribution in [3.05, 3.63) is 75.6 Å². The lowest BCUT2D eigenvalue weighted by Gasteiger charge is -2.12. The molecular weight excluding hydrogens is 459 g/mol. The number of amides is 1. The highest BCUT2D eigenvalue weighted by Crippen LogP contribution is 2.37. The van der Waals surface area contributed by atoms with Crippen LogP contribution in [0.3, 0.4) is 0 Å². The van der Waals surface area contributed by atoms with Crippen molar-refractivity contribution in [3.63, 3.8) is 0 Å². The van der Waals surface area contributed by atoms with E-state index in [1.165, 1.54) is 28.0 Å². The molecule has 1 amide bonds. The number of aromatic nitrogens is 2. The van der Waals surface area contributed by atoms with Gasteiger partial charge in [0.2, 0.25) is 5.91 Å². The van der Waals surface area contributed by atoms with E-state index in [1.54, 1.807) is 12.1 Å². The molecule has 4 rings (SSSR count). The summed E-state index contributed by atoms with van der Waals surface area (Å²) in [5.41, 5.74) is 1.87. The number of halogens is 1. The number of nitrogens with zero attached hydrogens (tertiary/aromatic N) is 3. The molecule has 9 heteroatoms. The van der Waals surface area contributed by atoms with Gasteiger partial charge in [-0.15, -0.1) is 11.3 Å². The van der Waals surface area contributed by atoms with Gasteiger partial charge in [0.15, 0.2) is 5.16 Å². The monoisotopic (exact) mass is 478 g/mol. The summed E-state index contributed by atoms with van der Waals surface area (Å²) in [5, 5.41) is 12.2. The highest BCUT2D eigenvalue weighted by atomic mass is 32.2. The lowest BCUT2D eigenvalue weighted by molar-refractivity contribution is -0.118. The van der Waals surface area contributed by atoms with Gasteiger partial charge in [-0.1, -0.05) is 42.1 Å². The number of carbonyl (C=O) groups excluding carboxylic acids is 1. The molecule has 0 radical (unpaired) electrons. The van der Waals surface area contributed by atoms with Gasteiger partial charge in [-0.3, -0.25) is 14.2 Å². The van der Waals surface area contributed by atoms with Crippen LogP contribution in [-0.2, 0) is 4.79 Å². The molecule has 166 valence electrons. The number of benzene rings is 2. The Bertz CT molecular complexity index is 1410. The Morgan fingerprint density at radius 3 is 2.64 bits per heavy atom. The maximum absolute atomic E-state index is 13.8. The molecule has 0 fully saturated rings.